The summed E-state index contributed by atoms with van der Waals surface area (Å²) < 4.78 is 6.22. The number of nitrogens with one attached hydrogen (secondary N) is 2. The van der Waals surface area contributed by atoms with E-state index in [0.717, 1.165) is 60.3 Å². The van der Waals surface area contributed by atoms with Gasteiger partial charge in [-0.2, -0.15) is 0 Å². The fraction of sp³-hybridized carbons (Fsp3) is 0.524. The Balaban J connectivity index is 1.57. The van der Waals surface area contributed by atoms with E-state index in [1.807, 2.05) is 13.0 Å². The van der Waals surface area contributed by atoms with Crippen LogP contribution in [0.15, 0.2) is 34.6 Å². The number of hydrogen-bond donors (Lipinski definition) is 2. The van der Waals surface area contributed by atoms with Crippen LogP contribution in [0.3, 0.4) is 0 Å². The fourth-order valence-electron chi connectivity index (χ4n) is 3.27. The summed E-state index contributed by atoms with van der Waals surface area (Å²) >= 11 is 1.70. The zero-order chi connectivity index (χ0) is 18.9. The van der Waals surface area contributed by atoms with E-state index >= 15 is 0 Å². The van der Waals surface area contributed by atoms with Gasteiger partial charge in [0.05, 0.1) is 23.4 Å². The van der Waals surface area contributed by atoms with Crippen molar-refractivity contribution in [3.05, 3.63) is 45.9 Å². The van der Waals surface area contributed by atoms with Gasteiger partial charge < -0.3 is 15.4 Å². The molecule has 0 saturated heterocycles. The second-order valence-corrected chi connectivity index (χ2v) is 7.92. The van der Waals surface area contributed by atoms with Crippen LogP contribution < -0.4 is 15.4 Å². The second kappa shape index (κ2) is 10.3. The second-order valence-electron chi connectivity index (χ2n) is 6.86. The van der Waals surface area contributed by atoms with Crippen LogP contribution in [0.25, 0.3) is 0 Å². The molecule has 0 aliphatic heterocycles. The largest absolute Gasteiger partial charge is 0.490 e. The zero-order valence-electron chi connectivity index (χ0n) is 16.3. The minimum atomic E-state index is 0.364. The number of aromatic nitrogens is 1. The highest BCUT2D eigenvalue weighted by atomic mass is 32.1. The average molecular weight is 387 g/mol. The van der Waals surface area contributed by atoms with Gasteiger partial charge in [-0.25, -0.2) is 9.98 Å². The Morgan fingerprint density at radius 3 is 2.81 bits per heavy atom. The van der Waals surface area contributed by atoms with Crippen molar-refractivity contribution in [1.29, 1.82) is 0 Å². The van der Waals surface area contributed by atoms with E-state index < -0.39 is 0 Å². The van der Waals surface area contributed by atoms with Gasteiger partial charge in [-0.3, -0.25) is 0 Å². The van der Waals surface area contributed by atoms with E-state index in [4.69, 9.17) is 9.73 Å². The molecule has 146 valence electrons. The molecule has 1 aromatic carbocycles. The number of para-hydroxylation sites is 1. The predicted molar refractivity (Wildman–Crippen MR) is 113 cm³/mol. The first-order valence-corrected chi connectivity index (χ1v) is 10.8. The predicted octanol–water partition coefficient (Wildman–Crippen LogP) is 4.07. The number of aryl methyl sites for hydroxylation is 1. The van der Waals surface area contributed by atoms with Gasteiger partial charge in [0.15, 0.2) is 5.96 Å². The summed E-state index contributed by atoms with van der Waals surface area (Å²) in [7, 11) is 0. The molecule has 2 aromatic rings. The summed E-state index contributed by atoms with van der Waals surface area (Å²) in [6.45, 7) is 6.38. The number of rotatable bonds is 8. The number of benzene rings is 1. The average Bonchev–Trinajstić information content (AvgIpc) is 3.32. The van der Waals surface area contributed by atoms with Crippen molar-refractivity contribution < 1.29 is 4.74 Å². The van der Waals surface area contributed by atoms with Crippen molar-refractivity contribution >= 4 is 17.3 Å². The smallest absolute Gasteiger partial charge is 0.191 e. The summed E-state index contributed by atoms with van der Waals surface area (Å²) in [6, 6.07) is 8.26. The van der Waals surface area contributed by atoms with Crippen molar-refractivity contribution in [2.24, 2.45) is 4.99 Å². The molecule has 0 atom stereocenters. The van der Waals surface area contributed by atoms with Gasteiger partial charge in [-0.05, 0) is 45.6 Å². The maximum atomic E-state index is 6.22. The SMILES string of the molecule is CCNC(=NCc1ccccc1OC1CCCC1)NCCc1csc(C)n1. The van der Waals surface area contributed by atoms with Crippen LogP contribution >= 0.6 is 11.3 Å². The topological polar surface area (TPSA) is 58.5 Å². The number of ether oxygens (including phenoxy) is 1. The molecule has 0 amide bonds. The third kappa shape index (κ3) is 6.24. The van der Waals surface area contributed by atoms with Crippen LogP contribution in [-0.4, -0.2) is 30.1 Å². The Hall–Kier alpha value is -2.08. The monoisotopic (exact) mass is 386 g/mol. The molecular weight excluding hydrogens is 356 g/mol. The molecule has 0 spiro atoms. The van der Waals surface area contributed by atoms with Crippen molar-refractivity contribution in [1.82, 2.24) is 15.6 Å². The maximum absolute atomic E-state index is 6.22. The van der Waals surface area contributed by atoms with Gasteiger partial charge in [-0.15, -0.1) is 11.3 Å². The molecular formula is C21H30N4OS. The Morgan fingerprint density at radius 2 is 2.07 bits per heavy atom. The number of aliphatic imine (C=N–C) groups is 1. The molecule has 1 aliphatic rings. The highest BCUT2D eigenvalue weighted by Crippen LogP contribution is 2.27. The van der Waals surface area contributed by atoms with Gasteiger partial charge in [-0.1, -0.05) is 18.2 Å². The van der Waals surface area contributed by atoms with Gasteiger partial charge in [0.25, 0.3) is 0 Å². The number of hydrogen-bond acceptors (Lipinski definition) is 4. The molecule has 3 rings (SSSR count). The molecule has 2 N–H and O–H groups in total. The highest BCUT2D eigenvalue weighted by molar-refractivity contribution is 7.09. The molecule has 1 fully saturated rings. The summed E-state index contributed by atoms with van der Waals surface area (Å²) in [4.78, 5) is 9.26. The van der Waals surface area contributed by atoms with Crippen molar-refractivity contribution in [2.45, 2.75) is 58.6 Å². The lowest BCUT2D eigenvalue weighted by molar-refractivity contribution is 0.208. The first-order valence-electron chi connectivity index (χ1n) is 9.92. The van der Waals surface area contributed by atoms with Gasteiger partial charge >= 0.3 is 0 Å². The summed E-state index contributed by atoms with van der Waals surface area (Å²) in [6.07, 6.45) is 6.14. The van der Waals surface area contributed by atoms with Crippen LogP contribution in [0.2, 0.25) is 0 Å². The Kier molecular flexibility index (Phi) is 7.51. The molecule has 27 heavy (non-hydrogen) atoms. The maximum Gasteiger partial charge on any atom is 0.191 e. The normalized spacial score (nSPS) is 15.1. The van der Waals surface area contributed by atoms with E-state index in [2.05, 4.69) is 46.1 Å². The van der Waals surface area contributed by atoms with Crippen LogP contribution in [-0.2, 0) is 13.0 Å². The Morgan fingerprint density at radius 1 is 1.26 bits per heavy atom. The fourth-order valence-corrected chi connectivity index (χ4v) is 3.92. The Bertz CT molecular complexity index is 737. The minimum absolute atomic E-state index is 0.364. The highest BCUT2D eigenvalue weighted by Gasteiger charge is 2.17. The van der Waals surface area contributed by atoms with Crippen LogP contribution in [0.5, 0.6) is 5.75 Å². The lowest BCUT2D eigenvalue weighted by Crippen LogP contribution is -2.38. The van der Waals surface area contributed by atoms with E-state index in [1.165, 1.54) is 12.8 Å². The lowest BCUT2D eigenvalue weighted by atomic mass is 10.2. The molecule has 1 aliphatic carbocycles. The Labute approximate surface area is 166 Å². The zero-order valence-corrected chi connectivity index (χ0v) is 17.1. The third-order valence-corrected chi connectivity index (χ3v) is 5.48. The van der Waals surface area contributed by atoms with Gasteiger partial charge in [0.2, 0.25) is 0 Å². The van der Waals surface area contributed by atoms with Crippen LogP contribution in [0.1, 0.15) is 48.9 Å². The molecule has 1 aromatic heterocycles. The van der Waals surface area contributed by atoms with Crippen LogP contribution in [0, 0.1) is 6.92 Å². The first-order chi connectivity index (χ1) is 13.2. The summed E-state index contributed by atoms with van der Waals surface area (Å²) in [5.74, 6) is 1.81. The molecule has 1 saturated carbocycles. The minimum Gasteiger partial charge on any atom is -0.490 e. The van der Waals surface area contributed by atoms with Crippen molar-refractivity contribution in [3.63, 3.8) is 0 Å². The number of guanidine groups is 1. The van der Waals surface area contributed by atoms with E-state index in [0.29, 0.717) is 12.6 Å². The van der Waals surface area contributed by atoms with E-state index in [1.54, 1.807) is 11.3 Å². The molecule has 6 heteroatoms. The van der Waals surface area contributed by atoms with E-state index in [-0.39, 0.29) is 0 Å². The lowest BCUT2D eigenvalue weighted by Gasteiger charge is -2.16. The summed E-state index contributed by atoms with van der Waals surface area (Å²) in [5, 5.41) is 9.96. The molecule has 0 unspecified atom stereocenters. The number of thiazole rings is 1. The van der Waals surface area contributed by atoms with Gasteiger partial charge in [0, 0.05) is 30.5 Å². The van der Waals surface area contributed by atoms with E-state index in [9.17, 15) is 0 Å². The third-order valence-electron chi connectivity index (χ3n) is 4.66. The van der Waals surface area contributed by atoms with Crippen LogP contribution in [0.4, 0.5) is 0 Å². The quantitative estimate of drug-likeness (QED) is 0.530. The van der Waals surface area contributed by atoms with Crippen molar-refractivity contribution in [3.8, 4) is 5.75 Å². The standard InChI is InChI=1S/C21H30N4OS/c1-3-22-21(23-13-12-18-15-27-16(2)25-18)24-14-17-8-4-7-11-20(17)26-19-9-5-6-10-19/h4,7-8,11,15,19H,3,5-6,9-10,12-14H2,1-2H3,(H2,22,23,24). The number of nitrogens with zero attached hydrogens (tertiary/aromatic N) is 2. The summed E-state index contributed by atoms with van der Waals surface area (Å²) in [5.41, 5.74) is 2.27. The molecule has 5 nitrogen and oxygen atoms in total. The molecule has 0 radical (unpaired) electrons. The van der Waals surface area contributed by atoms with Gasteiger partial charge in [0.1, 0.15) is 5.75 Å². The molecule has 1 heterocycles. The van der Waals surface area contributed by atoms with Crippen molar-refractivity contribution in [2.75, 3.05) is 13.1 Å². The molecule has 0 bridgehead atoms. The first kappa shape index (κ1) is 19.7.